The van der Waals surface area contributed by atoms with Gasteiger partial charge in [0.1, 0.15) is 17.2 Å². The number of aromatic nitrogens is 2. The molecule has 0 atom stereocenters. The predicted octanol–water partition coefficient (Wildman–Crippen LogP) is 5.27. The number of hydrogen-bond donors (Lipinski definition) is 1. The Hall–Kier alpha value is -3.73. The minimum atomic E-state index is 0.669. The Morgan fingerprint density at radius 2 is 1.64 bits per heavy atom. The highest BCUT2D eigenvalue weighted by molar-refractivity contribution is 5.78. The van der Waals surface area contributed by atoms with Crippen molar-refractivity contribution in [3.63, 3.8) is 0 Å². The standard InChI is InChI=1S/C23H21N3O2/c1-27-20-14-12-18(16-21(20)28-2)24-23-19(13-11-17-8-4-3-5-9-17)25-22-10-6-7-15-26(22)23/h3-16,24H,1-2H3/b13-11+. The molecular formula is C23H21N3O2. The fraction of sp³-hybridized carbons (Fsp3) is 0.0870. The van der Waals surface area contributed by atoms with Crippen LogP contribution in [0.5, 0.6) is 11.5 Å². The molecule has 4 aromatic rings. The van der Waals surface area contributed by atoms with Crippen molar-refractivity contribution in [2.45, 2.75) is 0 Å². The molecule has 5 nitrogen and oxygen atoms in total. The van der Waals surface area contributed by atoms with E-state index >= 15 is 0 Å². The molecule has 0 bridgehead atoms. The van der Waals surface area contributed by atoms with Crippen molar-refractivity contribution in [1.29, 1.82) is 0 Å². The molecule has 0 amide bonds. The van der Waals surface area contributed by atoms with Gasteiger partial charge >= 0.3 is 0 Å². The summed E-state index contributed by atoms with van der Waals surface area (Å²) in [5.41, 5.74) is 3.73. The highest BCUT2D eigenvalue weighted by Gasteiger charge is 2.12. The van der Waals surface area contributed by atoms with Crippen molar-refractivity contribution in [3.8, 4) is 11.5 Å². The summed E-state index contributed by atoms with van der Waals surface area (Å²) in [6.45, 7) is 0. The average Bonchev–Trinajstić information content (AvgIpc) is 3.10. The van der Waals surface area contributed by atoms with E-state index in [1.165, 1.54) is 0 Å². The molecule has 2 heterocycles. The third kappa shape index (κ3) is 3.55. The number of imidazole rings is 1. The number of ether oxygens (including phenoxy) is 2. The van der Waals surface area contributed by atoms with Gasteiger partial charge in [-0.1, -0.05) is 42.5 Å². The molecule has 4 rings (SSSR count). The molecule has 2 aromatic heterocycles. The summed E-state index contributed by atoms with van der Waals surface area (Å²) in [6, 6.07) is 21.9. The lowest BCUT2D eigenvalue weighted by Gasteiger charge is -2.11. The van der Waals surface area contributed by atoms with Crippen molar-refractivity contribution < 1.29 is 9.47 Å². The van der Waals surface area contributed by atoms with E-state index in [2.05, 4.69) is 23.5 Å². The maximum atomic E-state index is 5.42. The van der Waals surface area contributed by atoms with Crippen LogP contribution in [0.25, 0.3) is 17.8 Å². The molecule has 0 unspecified atom stereocenters. The summed E-state index contributed by atoms with van der Waals surface area (Å²) in [5.74, 6) is 2.24. The van der Waals surface area contributed by atoms with Gasteiger partial charge in [-0.05, 0) is 35.9 Å². The maximum absolute atomic E-state index is 5.42. The number of fused-ring (bicyclic) bond motifs is 1. The van der Waals surface area contributed by atoms with Gasteiger partial charge in [-0.15, -0.1) is 0 Å². The highest BCUT2D eigenvalue weighted by atomic mass is 16.5. The number of benzene rings is 2. The van der Waals surface area contributed by atoms with Crippen LogP contribution >= 0.6 is 0 Å². The Morgan fingerprint density at radius 3 is 2.43 bits per heavy atom. The fourth-order valence-corrected chi connectivity index (χ4v) is 3.04. The molecule has 1 N–H and O–H groups in total. The first kappa shape index (κ1) is 17.7. The lowest BCUT2D eigenvalue weighted by molar-refractivity contribution is 0.355. The molecule has 0 saturated heterocycles. The summed E-state index contributed by atoms with van der Waals surface area (Å²) in [4.78, 5) is 4.76. The molecule has 140 valence electrons. The first-order chi connectivity index (χ1) is 13.8. The Kier molecular flexibility index (Phi) is 4.97. The quantitative estimate of drug-likeness (QED) is 0.502. The lowest BCUT2D eigenvalue weighted by Crippen LogP contribution is -1.98. The van der Waals surface area contributed by atoms with E-state index in [9.17, 15) is 0 Å². The van der Waals surface area contributed by atoms with Gasteiger partial charge in [-0.25, -0.2) is 4.98 Å². The van der Waals surface area contributed by atoms with E-state index in [1.807, 2.05) is 71.3 Å². The van der Waals surface area contributed by atoms with E-state index in [0.29, 0.717) is 11.5 Å². The normalized spacial score (nSPS) is 11.1. The van der Waals surface area contributed by atoms with Crippen LogP contribution in [-0.4, -0.2) is 23.6 Å². The largest absolute Gasteiger partial charge is 0.493 e. The summed E-state index contributed by atoms with van der Waals surface area (Å²) in [5, 5.41) is 3.47. The Balaban J connectivity index is 1.74. The Morgan fingerprint density at radius 1 is 0.857 bits per heavy atom. The summed E-state index contributed by atoms with van der Waals surface area (Å²) in [7, 11) is 3.26. The van der Waals surface area contributed by atoms with Gasteiger partial charge in [0.25, 0.3) is 0 Å². The van der Waals surface area contributed by atoms with Crippen molar-refractivity contribution in [2.24, 2.45) is 0 Å². The van der Waals surface area contributed by atoms with Gasteiger partial charge < -0.3 is 14.8 Å². The number of methoxy groups -OCH3 is 2. The molecule has 2 aromatic carbocycles. The van der Waals surface area contributed by atoms with Crippen LogP contribution in [0.2, 0.25) is 0 Å². The zero-order valence-electron chi connectivity index (χ0n) is 15.8. The second kappa shape index (κ2) is 7.88. The number of anilines is 2. The monoisotopic (exact) mass is 371 g/mol. The average molecular weight is 371 g/mol. The van der Waals surface area contributed by atoms with Crippen LogP contribution in [-0.2, 0) is 0 Å². The SMILES string of the molecule is COc1ccc(Nc2c(/C=C/c3ccccc3)nc3ccccn23)cc1OC. The predicted molar refractivity (Wildman–Crippen MR) is 113 cm³/mol. The van der Waals surface area contributed by atoms with Gasteiger partial charge in [0.2, 0.25) is 0 Å². The van der Waals surface area contributed by atoms with Gasteiger partial charge in [-0.2, -0.15) is 0 Å². The van der Waals surface area contributed by atoms with E-state index in [0.717, 1.165) is 28.4 Å². The van der Waals surface area contributed by atoms with Gasteiger partial charge in [0.05, 0.1) is 14.2 Å². The van der Waals surface area contributed by atoms with Crippen LogP contribution in [0.3, 0.4) is 0 Å². The van der Waals surface area contributed by atoms with Crippen LogP contribution in [0, 0.1) is 0 Å². The number of nitrogens with zero attached hydrogens (tertiary/aromatic N) is 2. The molecular weight excluding hydrogens is 350 g/mol. The van der Waals surface area contributed by atoms with Crippen LogP contribution < -0.4 is 14.8 Å². The number of pyridine rings is 1. The molecule has 0 aliphatic carbocycles. The van der Waals surface area contributed by atoms with Crippen molar-refractivity contribution >= 4 is 29.3 Å². The highest BCUT2D eigenvalue weighted by Crippen LogP contribution is 2.32. The van der Waals surface area contributed by atoms with Crippen molar-refractivity contribution in [2.75, 3.05) is 19.5 Å². The molecule has 0 saturated carbocycles. The van der Waals surface area contributed by atoms with E-state index in [4.69, 9.17) is 14.5 Å². The zero-order chi connectivity index (χ0) is 19.3. The molecule has 0 aliphatic rings. The zero-order valence-corrected chi connectivity index (χ0v) is 15.8. The topological polar surface area (TPSA) is 47.8 Å². The van der Waals surface area contributed by atoms with Gasteiger partial charge in [0, 0.05) is 18.0 Å². The number of hydrogen-bond acceptors (Lipinski definition) is 4. The smallest absolute Gasteiger partial charge is 0.162 e. The Bertz CT molecular complexity index is 1120. The van der Waals surface area contributed by atoms with Crippen LogP contribution in [0.15, 0.2) is 72.9 Å². The van der Waals surface area contributed by atoms with Crippen LogP contribution in [0.4, 0.5) is 11.5 Å². The van der Waals surface area contributed by atoms with Crippen molar-refractivity contribution in [3.05, 3.63) is 84.2 Å². The number of rotatable bonds is 6. The van der Waals surface area contributed by atoms with Crippen molar-refractivity contribution in [1.82, 2.24) is 9.38 Å². The van der Waals surface area contributed by atoms with E-state index in [1.54, 1.807) is 14.2 Å². The maximum Gasteiger partial charge on any atom is 0.162 e. The lowest BCUT2D eigenvalue weighted by atomic mass is 10.2. The van der Waals surface area contributed by atoms with E-state index in [-0.39, 0.29) is 0 Å². The van der Waals surface area contributed by atoms with E-state index < -0.39 is 0 Å². The molecule has 5 heteroatoms. The molecule has 28 heavy (non-hydrogen) atoms. The van der Waals surface area contributed by atoms with Crippen LogP contribution in [0.1, 0.15) is 11.3 Å². The molecule has 0 aliphatic heterocycles. The third-order valence-electron chi connectivity index (χ3n) is 4.44. The minimum Gasteiger partial charge on any atom is -0.493 e. The summed E-state index contributed by atoms with van der Waals surface area (Å²) in [6.07, 6.45) is 6.07. The summed E-state index contributed by atoms with van der Waals surface area (Å²) < 4.78 is 12.8. The fourth-order valence-electron chi connectivity index (χ4n) is 3.04. The second-order valence-electron chi connectivity index (χ2n) is 6.21. The molecule has 0 spiro atoms. The summed E-state index contributed by atoms with van der Waals surface area (Å²) >= 11 is 0. The van der Waals surface area contributed by atoms with Gasteiger partial charge in [-0.3, -0.25) is 4.40 Å². The first-order valence-corrected chi connectivity index (χ1v) is 8.98. The minimum absolute atomic E-state index is 0.669. The second-order valence-corrected chi connectivity index (χ2v) is 6.21. The molecule has 0 radical (unpaired) electrons. The van der Waals surface area contributed by atoms with Gasteiger partial charge in [0.15, 0.2) is 11.5 Å². The molecule has 0 fully saturated rings. The first-order valence-electron chi connectivity index (χ1n) is 8.98. The Labute approximate surface area is 163 Å². The third-order valence-corrected chi connectivity index (χ3v) is 4.44. The number of nitrogens with one attached hydrogen (secondary N) is 1.